The first-order valence-electron chi connectivity index (χ1n) is 6.52. The molecule has 0 aliphatic heterocycles. The molecule has 1 heterocycles. The van der Waals surface area contributed by atoms with Gasteiger partial charge in [-0.2, -0.15) is 0 Å². The van der Waals surface area contributed by atoms with Crippen LogP contribution in [0.3, 0.4) is 0 Å². The second-order valence-corrected chi connectivity index (χ2v) is 5.08. The van der Waals surface area contributed by atoms with Gasteiger partial charge in [-0.15, -0.1) is 11.6 Å². The lowest BCUT2D eigenvalue weighted by Crippen LogP contribution is -2.00. The first-order chi connectivity index (χ1) is 10.1. The van der Waals surface area contributed by atoms with Gasteiger partial charge in [0.25, 0.3) is 0 Å². The molecule has 0 bridgehead atoms. The number of hydrogen-bond acceptors (Lipinski definition) is 2. The largest absolute Gasteiger partial charge is 0.494 e. The molecule has 1 aromatic heterocycles. The van der Waals surface area contributed by atoms with Gasteiger partial charge < -0.3 is 4.74 Å². The molecule has 0 unspecified atom stereocenters. The normalized spacial score (nSPS) is 11.0. The van der Waals surface area contributed by atoms with Crippen LogP contribution in [-0.2, 0) is 5.88 Å². The molecule has 0 saturated heterocycles. The number of rotatable bonds is 3. The standard InChI is InChI=1S/C16H14ClFN2O/c1-10-3-6-14-13(7-10)19-16(9-17)20(14)11-4-5-12(18)15(8-11)21-2/h3-8H,9H2,1-2H3. The Bertz CT molecular complexity index is 813. The SMILES string of the molecule is COc1cc(-n2c(CCl)nc3cc(C)ccc32)ccc1F. The van der Waals surface area contributed by atoms with Crippen LogP contribution in [0.25, 0.3) is 16.7 Å². The molecule has 108 valence electrons. The smallest absolute Gasteiger partial charge is 0.165 e. The maximum Gasteiger partial charge on any atom is 0.165 e. The number of aryl methyl sites for hydroxylation is 1. The Balaban J connectivity index is 2.28. The highest BCUT2D eigenvalue weighted by molar-refractivity contribution is 6.17. The van der Waals surface area contributed by atoms with Crippen LogP contribution in [0.5, 0.6) is 5.75 Å². The summed E-state index contributed by atoms with van der Waals surface area (Å²) in [7, 11) is 1.44. The molecular formula is C16H14ClFN2O. The van der Waals surface area contributed by atoms with E-state index in [1.165, 1.54) is 13.2 Å². The number of hydrogen-bond donors (Lipinski definition) is 0. The number of imidazole rings is 1. The van der Waals surface area contributed by atoms with Gasteiger partial charge in [-0.1, -0.05) is 6.07 Å². The number of aromatic nitrogens is 2. The molecule has 5 heteroatoms. The van der Waals surface area contributed by atoms with Crippen LogP contribution in [0.4, 0.5) is 4.39 Å². The predicted molar refractivity (Wildman–Crippen MR) is 81.9 cm³/mol. The average molecular weight is 305 g/mol. The monoisotopic (exact) mass is 304 g/mol. The third-order valence-electron chi connectivity index (χ3n) is 3.39. The second-order valence-electron chi connectivity index (χ2n) is 4.81. The van der Waals surface area contributed by atoms with Crippen molar-refractivity contribution in [2.45, 2.75) is 12.8 Å². The molecule has 0 fully saturated rings. The van der Waals surface area contributed by atoms with Gasteiger partial charge in [0.15, 0.2) is 11.6 Å². The zero-order chi connectivity index (χ0) is 15.0. The number of halogens is 2. The van der Waals surface area contributed by atoms with Crippen LogP contribution < -0.4 is 4.74 Å². The molecule has 0 N–H and O–H groups in total. The maximum atomic E-state index is 13.6. The highest BCUT2D eigenvalue weighted by atomic mass is 35.5. The quantitative estimate of drug-likeness (QED) is 0.677. The van der Waals surface area contributed by atoms with Crippen molar-refractivity contribution in [2.24, 2.45) is 0 Å². The molecule has 2 aromatic carbocycles. The number of ether oxygens (including phenoxy) is 1. The average Bonchev–Trinajstić information content (AvgIpc) is 2.85. The predicted octanol–water partition coefficient (Wildman–Crippen LogP) is 4.22. The molecular weight excluding hydrogens is 291 g/mol. The fraction of sp³-hybridized carbons (Fsp3) is 0.188. The van der Waals surface area contributed by atoms with Gasteiger partial charge >= 0.3 is 0 Å². The van der Waals surface area contributed by atoms with E-state index in [1.807, 2.05) is 29.7 Å². The third kappa shape index (κ3) is 2.36. The van der Waals surface area contributed by atoms with Crippen molar-refractivity contribution in [1.29, 1.82) is 0 Å². The zero-order valence-electron chi connectivity index (χ0n) is 11.7. The van der Waals surface area contributed by atoms with Crippen LogP contribution in [0.1, 0.15) is 11.4 Å². The summed E-state index contributed by atoms with van der Waals surface area (Å²) < 4.78 is 20.6. The summed E-state index contributed by atoms with van der Waals surface area (Å²) in [6, 6.07) is 10.7. The molecule has 3 nitrogen and oxygen atoms in total. The van der Waals surface area contributed by atoms with E-state index in [1.54, 1.807) is 12.1 Å². The van der Waals surface area contributed by atoms with Crippen molar-refractivity contribution in [3.05, 3.63) is 53.6 Å². The summed E-state index contributed by atoms with van der Waals surface area (Å²) in [5.41, 5.74) is 3.71. The molecule has 21 heavy (non-hydrogen) atoms. The number of benzene rings is 2. The highest BCUT2D eigenvalue weighted by Crippen LogP contribution is 2.27. The molecule has 0 saturated carbocycles. The fourth-order valence-electron chi connectivity index (χ4n) is 2.41. The number of methoxy groups -OCH3 is 1. The lowest BCUT2D eigenvalue weighted by Gasteiger charge is -2.10. The Labute approximate surface area is 126 Å². The minimum atomic E-state index is -0.395. The molecule has 0 amide bonds. The zero-order valence-corrected chi connectivity index (χ0v) is 12.5. The summed E-state index contributed by atoms with van der Waals surface area (Å²) in [6.45, 7) is 2.01. The molecule has 0 aliphatic carbocycles. The van der Waals surface area contributed by atoms with E-state index in [0.717, 1.165) is 22.3 Å². The lowest BCUT2D eigenvalue weighted by molar-refractivity contribution is 0.386. The first kappa shape index (κ1) is 13.9. The highest BCUT2D eigenvalue weighted by Gasteiger charge is 2.13. The van der Waals surface area contributed by atoms with Crippen LogP contribution in [-0.4, -0.2) is 16.7 Å². The number of alkyl halides is 1. The van der Waals surface area contributed by atoms with Gasteiger partial charge in [0, 0.05) is 6.07 Å². The van der Waals surface area contributed by atoms with Gasteiger partial charge in [-0.05, 0) is 36.8 Å². The summed E-state index contributed by atoms with van der Waals surface area (Å²) in [6.07, 6.45) is 0. The Morgan fingerprint density at radius 1 is 1.24 bits per heavy atom. The second kappa shape index (κ2) is 5.37. The molecule has 0 aliphatic rings. The number of fused-ring (bicyclic) bond motifs is 1. The Morgan fingerprint density at radius 3 is 2.76 bits per heavy atom. The van der Waals surface area contributed by atoms with E-state index >= 15 is 0 Å². The van der Waals surface area contributed by atoms with Crippen molar-refractivity contribution in [2.75, 3.05) is 7.11 Å². The fourth-order valence-corrected chi connectivity index (χ4v) is 2.58. The van der Waals surface area contributed by atoms with Crippen LogP contribution in [0.15, 0.2) is 36.4 Å². The molecule has 3 rings (SSSR count). The number of nitrogens with zero attached hydrogens (tertiary/aromatic N) is 2. The van der Waals surface area contributed by atoms with Crippen molar-refractivity contribution in [3.8, 4) is 11.4 Å². The van der Waals surface area contributed by atoms with Gasteiger partial charge in [0.2, 0.25) is 0 Å². The lowest BCUT2D eigenvalue weighted by atomic mass is 10.2. The van der Waals surface area contributed by atoms with Crippen LogP contribution in [0, 0.1) is 12.7 Å². The van der Waals surface area contributed by atoms with E-state index < -0.39 is 5.82 Å². The van der Waals surface area contributed by atoms with E-state index in [2.05, 4.69) is 4.98 Å². The Morgan fingerprint density at radius 2 is 2.05 bits per heavy atom. The van der Waals surface area contributed by atoms with E-state index in [-0.39, 0.29) is 11.6 Å². The Hall–Kier alpha value is -2.07. The minimum Gasteiger partial charge on any atom is -0.494 e. The summed E-state index contributed by atoms with van der Waals surface area (Å²) in [4.78, 5) is 4.54. The van der Waals surface area contributed by atoms with Crippen molar-refractivity contribution >= 4 is 22.6 Å². The van der Waals surface area contributed by atoms with Gasteiger partial charge in [0.1, 0.15) is 5.82 Å². The van der Waals surface area contributed by atoms with Crippen LogP contribution in [0.2, 0.25) is 0 Å². The van der Waals surface area contributed by atoms with Gasteiger partial charge in [0.05, 0.1) is 29.7 Å². The van der Waals surface area contributed by atoms with Crippen molar-refractivity contribution in [1.82, 2.24) is 9.55 Å². The van der Waals surface area contributed by atoms with Gasteiger partial charge in [-0.3, -0.25) is 4.57 Å². The maximum absolute atomic E-state index is 13.6. The first-order valence-corrected chi connectivity index (χ1v) is 7.05. The van der Waals surface area contributed by atoms with E-state index in [0.29, 0.717) is 5.82 Å². The topological polar surface area (TPSA) is 27.1 Å². The molecule has 0 spiro atoms. The molecule has 3 aromatic rings. The van der Waals surface area contributed by atoms with E-state index in [9.17, 15) is 4.39 Å². The molecule has 0 atom stereocenters. The molecule has 0 radical (unpaired) electrons. The van der Waals surface area contributed by atoms with Gasteiger partial charge in [-0.25, -0.2) is 9.37 Å². The summed E-state index contributed by atoms with van der Waals surface area (Å²) in [5, 5.41) is 0. The minimum absolute atomic E-state index is 0.196. The summed E-state index contributed by atoms with van der Waals surface area (Å²) >= 11 is 6.01. The third-order valence-corrected chi connectivity index (χ3v) is 3.63. The van der Waals surface area contributed by atoms with Crippen molar-refractivity contribution in [3.63, 3.8) is 0 Å². The van der Waals surface area contributed by atoms with Crippen molar-refractivity contribution < 1.29 is 9.13 Å². The van der Waals surface area contributed by atoms with E-state index in [4.69, 9.17) is 16.3 Å². The van der Waals surface area contributed by atoms with Crippen LogP contribution >= 0.6 is 11.6 Å². The Kier molecular flexibility index (Phi) is 3.55. The summed E-state index contributed by atoms with van der Waals surface area (Å²) in [5.74, 6) is 0.787.